The summed E-state index contributed by atoms with van der Waals surface area (Å²) in [6.07, 6.45) is 2.33. The Hall–Kier alpha value is -1.55. The van der Waals surface area contributed by atoms with E-state index in [9.17, 15) is 4.79 Å². The predicted octanol–water partition coefficient (Wildman–Crippen LogP) is 2.48. The van der Waals surface area contributed by atoms with Crippen LogP contribution in [0.1, 0.15) is 25.3 Å². The molecule has 1 N–H and O–H groups in total. The van der Waals surface area contributed by atoms with E-state index in [1.54, 1.807) is 6.92 Å². The first kappa shape index (κ1) is 14.9. The maximum atomic E-state index is 11.4. The van der Waals surface area contributed by atoms with Crippen LogP contribution in [0.15, 0.2) is 18.2 Å². The second kappa shape index (κ2) is 6.27. The maximum Gasteiger partial charge on any atom is 0.221 e. The molecule has 1 amide bonds. The minimum absolute atomic E-state index is 0.0139. The second-order valence-corrected chi connectivity index (χ2v) is 5.88. The lowest BCUT2D eigenvalue weighted by molar-refractivity contribution is -0.114. The number of hydrogen-bond donors (Lipinski definition) is 1. The number of aryl methyl sites for hydroxylation is 1. The van der Waals surface area contributed by atoms with Crippen molar-refractivity contribution in [3.8, 4) is 0 Å². The van der Waals surface area contributed by atoms with Crippen LogP contribution >= 0.6 is 0 Å². The summed E-state index contributed by atoms with van der Waals surface area (Å²) in [6.45, 7) is 5.69. The lowest BCUT2D eigenvalue weighted by Crippen LogP contribution is -2.42. The molecule has 0 unspecified atom stereocenters. The number of nitrogens with one attached hydrogen (secondary N) is 1. The number of piperidine rings is 1. The number of anilines is 2. The van der Waals surface area contributed by atoms with Gasteiger partial charge in [-0.1, -0.05) is 6.07 Å². The Labute approximate surface area is 121 Å². The first-order valence-electron chi connectivity index (χ1n) is 7.27. The molecule has 0 atom stereocenters. The topological polar surface area (TPSA) is 35.6 Å². The molecule has 4 heteroatoms. The van der Waals surface area contributed by atoms with Gasteiger partial charge in [-0.25, -0.2) is 0 Å². The van der Waals surface area contributed by atoms with Gasteiger partial charge in [-0.15, -0.1) is 0 Å². The molecular weight excluding hydrogens is 250 g/mol. The molecule has 110 valence electrons. The van der Waals surface area contributed by atoms with Gasteiger partial charge in [0.1, 0.15) is 0 Å². The quantitative estimate of drug-likeness (QED) is 0.920. The van der Waals surface area contributed by atoms with Gasteiger partial charge in [0.2, 0.25) is 5.91 Å². The van der Waals surface area contributed by atoms with Crippen molar-refractivity contribution < 1.29 is 4.79 Å². The Morgan fingerprint density at radius 1 is 1.30 bits per heavy atom. The van der Waals surface area contributed by atoms with Gasteiger partial charge in [-0.3, -0.25) is 4.79 Å². The fourth-order valence-electron chi connectivity index (χ4n) is 2.84. The van der Waals surface area contributed by atoms with Crippen LogP contribution in [-0.4, -0.2) is 44.0 Å². The summed E-state index contributed by atoms with van der Waals surface area (Å²) in [7, 11) is 4.30. The van der Waals surface area contributed by atoms with Gasteiger partial charge < -0.3 is 15.1 Å². The number of carbonyl (C=O) groups is 1. The SMILES string of the molecule is CC(=O)Nc1cc(C)ccc1N1CCC(N(C)C)CC1. The van der Waals surface area contributed by atoms with Crippen LogP contribution in [-0.2, 0) is 4.79 Å². The lowest BCUT2D eigenvalue weighted by Gasteiger charge is -2.37. The first-order chi connectivity index (χ1) is 9.47. The molecular formula is C16H25N3O. The fraction of sp³-hybridized carbons (Fsp3) is 0.562. The maximum absolute atomic E-state index is 11.4. The Morgan fingerprint density at radius 3 is 2.50 bits per heavy atom. The number of nitrogens with zero attached hydrogens (tertiary/aromatic N) is 2. The highest BCUT2D eigenvalue weighted by molar-refractivity contribution is 5.93. The minimum Gasteiger partial charge on any atom is -0.370 e. The molecule has 20 heavy (non-hydrogen) atoms. The minimum atomic E-state index is -0.0139. The summed E-state index contributed by atoms with van der Waals surface area (Å²) in [5, 5.41) is 2.95. The average Bonchev–Trinajstić information content (AvgIpc) is 2.38. The molecule has 1 heterocycles. The Balaban J connectivity index is 2.14. The zero-order chi connectivity index (χ0) is 14.7. The molecule has 1 fully saturated rings. The van der Waals surface area contributed by atoms with Gasteiger partial charge in [-0.2, -0.15) is 0 Å². The van der Waals surface area contributed by atoms with Crippen LogP contribution in [0.25, 0.3) is 0 Å². The highest BCUT2D eigenvalue weighted by Crippen LogP contribution is 2.30. The van der Waals surface area contributed by atoms with Crippen LogP contribution < -0.4 is 10.2 Å². The Bertz CT molecular complexity index is 477. The van der Waals surface area contributed by atoms with E-state index in [1.165, 1.54) is 18.4 Å². The third-order valence-corrected chi connectivity index (χ3v) is 4.00. The third kappa shape index (κ3) is 3.51. The average molecular weight is 275 g/mol. The molecule has 1 aromatic rings. The highest BCUT2D eigenvalue weighted by Gasteiger charge is 2.22. The van der Waals surface area contributed by atoms with Crippen molar-refractivity contribution in [2.45, 2.75) is 32.7 Å². The predicted molar refractivity (Wildman–Crippen MR) is 84.4 cm³/mol. The molecule has 0 aromatic heterocycles. The number of amides is 1. The molecule has 1 saturated heterocycles. The van der Waals surface area contributed by atoms with Crippen molar-refractivity contribution in [3.63, 3.8) is 0 Å². The summed E-state index contributed by atoms with van der Waals surface area (Å²) >= 11 is 0. The summed E-state index contributed by atoms with van der Waals surface area (Å²) < 4.78 is 0. The molecule has 0 aliphatic carbocycles. The normalized spacial score (nSPS) is 16.6. The first-order valence-corrected chi connectivity index (χ1v) is 7.27. The Kier molecular flexibility index (Phi) is 4.65. The largest absolute Gasteiger partial charge is 0.370 e. The fourth-order valence-corrected chi connectivity index (χ4v) is 2.84. The van der Waals surface area contributed by atoms with Crippen LogP contribution in [0.4, 0.5) is 11.4 Å². The van der Waals surface area contributed by atoms with Gasteiger partial charge in [0.25, 0.3) is 0 Å². The van der Waals surface area contributed by atoms with E-state index in [2.05, 4.69) is 47.4 Å². The monoisotopic (exact) mass is 275 g/mol. The summed E-state index contributed by atoms with van der Waals surface area (Å²) in [4.78, 5) is 16.1. The van der Waals surface area contributed by atoms with E-state index in [0.29, 0.717) is 6.04 Å². The molecule has 2 rings (SSSR count). The summed E-state index contributed by atoms with van der Waals surface area (Å²) in [6, 6.07) is 6.95. The third-order valence-electron chi connectivity index (χ3n) is 4.00. The van der Waals surface area contributed by atoms with E-state index in [-0.39, 0.29) is 5.91 Å². The smallest absolute Gasteiger partial charge is 0.221 e. The van der Waals surface area contributed by atoms with Crippen molar-refractivity contribution in [2.24, 2.45) is 0 Å². The van der Waals surface area contributed by atoms with Crippen LogP contribution in [0.3, 0.4) is 0 Å². The van der Waals surface area contributed by atoms with Crippen LogP contribution in [0, 0.1) is 6.92 Å². The number of carbonyl (C=O) groups excluding carboxylic acids is 1. The van der Waals surface area contributed by atoms with Gasteiger partial charge in [0.05, 0.1) is 11.4 Å². The van der Waals surface area contributed by atoms with Crippen molar-refractivity contribution >= 4 is 17.3 Å². The van der Waals surface area contributed by atoms with Crippen LogP contribution in [0.2, 0.25) is 0 Å². The molecule has 0 spiro atoms. The molecule has 0 radical (unpaired) electrons. The standard InChI is InChI=1S/C16H25N3O/c1-12-5-6-16(15(11-12)17-13(2)20)19-9-7-14(8-10-19)18(3)4/h5-6,11,14H,7-10H2,1-4H3,(H,17,20). The highest BCUT2D eigenvalue weighted by atomic mass is 16.1. The number of hydrogen-bond acceptors (Lipinski definition) is 3. The lowest BCUT2D eigenvalue weighted by atomic mass is 10.0. The van der Waals surface area contributed by atoms with Gasteiger partial charge in [-0.05, 0) is 51.6 Å². The van der Waals surface area contributed by atoms with Gasteiger partial charge in [0, 0.05) is 26.1 Å². The second-order valence-electron chi connectivity index (χ2n) is 5.88. The number of rotatable bonds is 3. The number of benzene rings is 1. The van der Waals surface area contributed by atoms with E-state index in [0.717, 1.165) is 24.5 Å². The summed E-state index contributed by atoms with van der Waals surface area (Å²) in [5.74, 6) is -0.0139. The van der Waals surface area contributed by atoms with E-state index in [1.807, 2.05) is 6.92 Å². The zero-order valence-corrected chi connectivity index (χ0v) is 12.9. The van der Waals surface area contributed by atoms with Crippen molar-refractivity contribution in [3.05, 3.63) is 23.8 Å². The van der Waals surface area contributed by atoms with Crippen molar-refractivity contribution in [1.29, 1.82) is 0 Å². The van der Waals surface area contributed by atoms with Crippen LogP contribution in [0.5, 0.6) is 0 Å². The van der Waals surface area contributed by atoms with Crippen molar-refractivity contribution in [2.75, 3.05) is 37.4 Å². The van der Waals surface area contributed by atoms with E-state index < -0.39 is 0 Å². The molecule has 4 nitrogen and oxygen atoms in total. The van der Waals surface area contributed by atoms with Gasteiger partial charge in [0.15, 0.2) is 0 Å². The van der Waals surface area contributed by atoms with Crippen molar-refractivity contribution in [1.82, 2.24) is 4.90 Å². The molecule has 1 aliphatic heterocycles. The van der Waals surface area contributed by atoms with E-state index >= 15 is 0 Å². The molecule has 1 aliphatic rings. The van der Waals surface area contributed by atoms with E-state index in [4.69, 9.17) is 0 Å². The Morgan fingerprint density at radius 2 is 1.95 bits per heavy atom. The molecule has 0 bridgehead atoms. The molecule has 1 aromatic carbocycles. The summed E-state index contributed by atoms with van der Waals surface area (Å²) in [5.41, 5.74) is 3.24. The van der Waals surface area contributed by atoms with Gasteiger partial charge >= 0.3 is 0 Å². The molecule has 0 saturated carbocycles. The zero-order valence-electron chi connectivity index (χ0n) is 12.9.